The minimum Gasteiger partial charge on any atom is -0.309 e. The maximum atomic E-state index is 8.86. The lowest BCUT2D eigenvalue weighted by atomic mass is 9.92. The third kappa shape index (κ3) is 6.40. The molecule has 0 atom stereocenters. The van der Waals surface area contributed by atoms with E-state index in [0.29, 0.717) is 5.84 Å². The summed E-state index contributed by atoms with van der Waals surface area (Å²) in [5.74, 6) is 0.620. The van der Waals surface area contributed by atoms with Crippen molar-refractivity contribution < 1.29 is 0 Å². The summed E-state index contributed by atoms with van der Waals surface area (Å²) in [4.78, 5) is 9.80. The van der Waals surface area contributed by atoms with E-state index in [-0.39, 0.29) is 5.84 Å². The van der Waals surface area contributed by atoms with Gasteiger partial charge in [-0.25, -0.2) is 9.98 Å². The Hall–Kier alpha value is -8.41. The van der Waals surface area contributed by atoms with Gasteiger partial charge in [0.2, 0.25) is 0 Å². The molecule has 0 saturated carbocycles. The van der Waals surface area contributed by atoms with Gasteiger partial charge < -0.3 is 4.57 Å². The second-order valence-electron chi connectivity index (χ2n) is 15.4. The molecule has 9 aromatic carbocycles. The van der Waals surface area contributed by atoms with Gasteiger partial charge in [0, 0.05) is 38.2 Å². The molecular weight excluding hydrogens is 755 g/mol. The number of nitrogens with one attached hydrogen (secondary N) is 1. The second kappa shape index (κ2) is 15.6. The molecule has 0 spiro atoms. The summed E-state index contributed by atoms with van der Waals surface area (Å²) in [5.41, 5.74) is 14.1. The van der Waals surface area contributed by atoms with Crippen molar-refractivity contribution in [2.45, 2.75) is 0 Å². The summed E-state index contributed by atoms with van der Waals surface area (Å²) in [6.45, 7) is 0. The van der Waals surface area contributed by atoms with Crippen molar-refractivity contribution in [3.05, 3.63) is 236 Å². The van der Waals surface area contributed by atoms with Crippen LogP contribution in [0.5, 0.6) is 0 Å². The molecule has 11 aromatic rings. The quantitative estimate of drug-likeness (QED) is 0.123. The summed E-state index contributed by atoms with van der Waals surface area (Å²) < 4.78 is 4.60. The van der Waals surface area contributed by atoms with Crippen molar-refractivity contribution in [1.82, 2.24) is 9.13 Å². The van der Waals surface area contributed by atoms with Crippen molar-refractivity contribution in [2.75, 3.05) is 0 Å². The van der Waals surface area contributed by atoms with Crippen LogP contribution in [0.4, 0.5) is 0 Å². The molecule has 11 rings (SSSR count). The molecule has 5 heteroatoms. The van der Waals surface area contributed by atoms with Gasteiger partial charge in [-0.2, -0.15) is 0 Å². The number of amidine groups is 2. The van der Waals surface area contributed by atoms with E-state index in [1.165, 1.54) is 38.6 Å². The first-order valence-electron chi connectivity index (χ1n) is 20.8. The number of aromatic nitrogens is 2. The number of benzene rings is 9. The van der Waals surface area contributed by atoms with Crippen LogP contribution in [0.15, 0.2) is 234 Å². The summed E-state index contributed by atoms with van der Waals surface area (Å²) in [6.07, 6.45) is 1.86. The lowest BCUT2D eigenvalue weighted by Crippen LogP contribution is -2.06. The maximum Gasteiger partial charge on any atom is 0.163 e. The van der Waals surface area contributed by atoms with Gasteiger partial charge in [-0.05, 0) is 58.1 Å². The van der Waals surface area contributed by atoms with Crippen LogP contribution >= 0.6 is 0 Å². The van der Waals surface area contributed by atoms with Gasteiger partial charge in [0.25, 0.3) is 0 Å². The number of para-hydroxylation sites is 3. The fourth-order valence-electron chi connectivity index (χ4n) is 8.90. The van der Waals surface area contributed by atoms with Crippen molar-refractivity contribution in [3.8, 4) is 39.1 Å². The van der Waals surface area contributed by atoms with Crippen molar-refractivity contribution >= 4 is 61.6 Å². The highest BCUT2D eigenvalue weighted by Gasteiger charge is 2.22. The molecule has 1 N–H and O–H groups in total. The van der Waals surface area contributed by atoms with Gasteiger partial charge in [-0.1, -0.05) is 194 Å². The van der Waals surface area contributed by atoms with Crippen LogP contribution in [0.3, 0.4) is 0 Å². The van der Waals surface area contributed by atoms with Gasteiger partial charge in [-0.3, -0.25) is 9.98 Å². The zero-order valence-electron chi connectivity index (χ0n) is 33.7. The number of nitrogens with zero attached hydrogens (tertiary/aromatic N) is 4. The van der Waals surface area contributed by atoms with E-state index < -0.39 is 0 Å². The average Bonchev–Trinajstić information content (AvgIpc) is 3.86. The van der Waals surface area contributed by atoms with E-state index in [9.17, 15) is 0 Å². The Kier molecular flexibility index (Phi) is 9.25. The molecule has 62 heavy (non-hydrogen) atoms. The Morgan fingerprint density at radius 3 is 1.61 bits per heavy atom. The predicted octanol–water partition coefficient (Wildman–Crippen LogP) is 14.2. The Bertz CT molecular complexity index is 3500. The summed E-state index contributed by atoms with van der Waals surface area (Å²) in [7, 11) is 0. The van der Waals surface area contributed by atoms with Crippen molar-refractivity contribution in [1.29, 1.82) is 5.41 Å². The molecule has 2 heterocycles. The molecule has 2 aromatic heterocycles. The van der Waals surface area contributed by atoms with E-state index in [2.05, 4.69) is 173 Å². The van der Waals surface area contributed by atoms with Gasteiger partial charge in [0.1, 0.15) is 6.34 Å². The molecule has 0 aliphatic heterocycles. The smallest absolute Gasteiger partial charge is 0.163 e. The van der Waals surface area contributed by atoms with Crippen LogP contribution in [0.25, 0.3) is 82.7 Å². The zero-order chi connectivity index (χ0) is 41.4. The van der Waals surface area contributed by atoms with Gasteiger partial charge in [0.05, 0.1) is 27.8 Å². The van der Waals surface area contributed by atoms with Gasteiger partial charge >= 0.3 is 0 Å². The molecule has 0 aliphatic rings. The fourth-order valence-corrected chi connectivity index (χ4v) is 8.90. The van der Waals surface area contributed by atoms with Crippen molar-refractivity contribution in [3.63, 3.8) is 0 Å². The minimum absolute atomic E-state index is 0.155. The third-order valence-corrected chi connectivity index (χ3v) is 11.8. The fraction of sp³-hybridized carbons (Fsp3) is 0. The molecule has 0 saturated heterocycles. The first-order valence-corrected chi connectivity index (χ1v) is 20.8. The molecular formula is C57H39N5. The van der Waals surface area contributed by atoms with E-state index in [1.807, 2.05) is 67.0 Å². The van der Waals surface area contributed by atoms with Gasteiger partial charge in [0.15, 0.2) is 11.7 Å². The molecule has 5 nitrogen and oxygen atoms in total. The molecule has 0 unspecified atom stereocenters. The van der Waals surface area contributed by atoms with Crippen LogP contribution in [0.2, 0.25) is 0 Å². The number of aliphatic imine (C=N–C) groups is 2. The van der Waals surface area contributed by atoms with E-state index >= 15 is 0 Å². The third-order valence-electron chi connectivity index (χ3n) is 11.8. The van der Waals surface area contributed by atoms with E-state index in [0.717, 1.165) is 55.2 Å². The lowest BCUT2D eigenvalue weighted by Gasteiger charge is -2.17. The SMILES string of the molecule is N=C(N=C(N=Cn1c2ccccc2c2c3c4ccccc4n(-c4ccccc4-c4ccccc4-c4ccc(-c5ccccc5)cc4)c3ccc21)c1ccccc1)c1ccccc1. The van der Waals surface area contributed by atoms with Gasteiger partial charge in [-0.15, -0.1) is 0 Å². The Morgan fingerprint density at radius 2 is 0.887 bits per heavy atom. The topological polar surface area (TPSA) is 58.4 Å². The molecule has 0 radical (unpaired) electrons. The summed E-state index contributed by atoms with van der Waals surface area (Å²) in [5, 5.41) is 13.5. The molecule has 0 fully saturated rings. The highest BCUT2D eigenvalue weighted by atomic mass is 15.1. The van der Waals surface area contributed by atoms with Crippen LogP contribution < -0.4 is 0 Å². The zero-order valence-corrected chi connectivity index (χ0v) is 33.7. The lowest BCUT2D eigenvalue weighted by molar-refractivity contribution is 1.18. The molecule has 0 aliphatic carbocycles. The molecule has 0 amide bonds. The Balaban J connectivity index is 1.09. The maximum absolute atomic E-state index is 8.86. The Morgan fingerprint density at radius 1 is 0.387 bits per heavy atom. The average molecular weight is 794 g/mol. The normalized spacial score (nSPS) is 12.0. The number of hydrogen-bond acceptors (Lipinski definition) is 1. The molecule has 0 bridgehead atoms. The monoisotopic (exact) mass is 793 g/mol. The van der Waals surface area contributed by atoms with Crippen LogP contribution in [-0.2, 0) is 0 Å². The standard InChI is InChI=1S/C57H39N5/c58-56(42-20-6-2-7-21-42)60-57(43-22-8-3-9-23-43)59-38-61-49-29-15-13-27-47(49)54-52(61)36-37-53-55(54)48-28-14-17-31-51(48)62(53)50-30-16-12-26-46(50)45-25-11-10-24-44(45)41-34-32-40(33-35-41)39-18-4-1-5-19-39/h1-38,58H. The Labute approximate surface area is 359 Å². The summed E-state index contributed by atoms with van der Waals surface area (Å²) >= 11 is 0. The van der Waals surface area contributed by atoms with E-state index in [1.54, 1.807) is 0 Å². The first-order chi connectivity index (χ1) is 30.7. The second-order valence-corrected chi connectivity index (χ2v) is 15.4. The predicted molar refractivity (Wildman–Crippen MR) is 260 cm³/mol. The first kappa shape index (κ1) is 36.7. The highest BCUT2D eigenvalue weighted by molar-refractivity contribution is 6.30. The number of hydrogen-bond donors (Lipinski definition) is 1. The minimum atomic E-state index is 0.155. The largest absolute Gasteiger partial charge is 0.309 e. The summed E-state index contributed by atoms with van der Waals surface area (Å²) in [6, 6.07) is 78.2. The van der Waals surface area contributed by atoms with Crippen LogP contribution in [0.1, 0.15) is 11.1 Å². The van der Waals surface area contributed by atoms with Crippen molar-refractivity contribution in [2.24, 2.45) is 9.98 Å². The van der Waals surface area contributed by atoms with Crippen LogP contribution in [-0.4, -0.2) is 27.1 Å². The number of rotatable bonds is 7. The van der Waals surface area contributed by atoms with E-state index in [4.69, 9.17) is 15.4 Å². The number of fused-ring (bicyclic) bond motifs is 7. The van der Waals surface area contributed by atoms with Crippen LogP contribution in [0, 0.1) is 5.41 Å². The molecule has 292 valence electrons. The highest BCUT2D eigenvalue weighted by Crippen LogP contribution is 2.43.